The molecule has 4 rings (SSSR count). The molecule has 0 aliphatic carbocycles. The average molecular weight is 581 g/mol. The topological polar surface area (TPSA) is 102 Å². The van der Waals surface area contributed by atoms with Crippen molar-refractivity contribution >= 4 is 19.7 Å². The van der Waals surface area contributed by atoms with Gasteiger partial charge in [-0.25, -0.2) is 16.8 Å². The first-order valence-electron chi connectivity index (χ1n) is 13.5. The standard InChI is InChI=1S/C28H40N2O7S2/c1-21-17-29(18-22(2)35-21)13-15-38(31,32)27-9-5-25(6-10-27)37-26-7-11-28(12-8-26)39(33,34)16-14-30-19-23(3)36-24(4)20-30/h5-12,21-24H,13-20H2,1-4H3/t21-,22+,23-,24+. The van der Waals surface area contributed by atoms with Crippen LogP contribution < -0.4 is 4.74 Å². The molecule has 39 heavy (non-hydrogen) atoms. The Kier molecular flexibility index (Phi) is 9.72. The van der Waals surface area contributed by atoms with E-state index in [0.717, 1.165) is 26.2 Å². The summed E-state index contributed by atoms with van der Waals surface area (Å²) in [6, 6.07) is 12.6. The molecular formula is C28H40N2O7S2. The molecule has 0 radical (unpaired) electrons. The first-order valence-corrected chi connectivity index (χ1v) is 16.8. The molecule has 216 valence electrons. The summed E-state index contributed by atoms with van der Waals surface area (Å²) >= 11 is 0. The van der Waals surface area contributed by atoms with Gasteiger partial charge in [0.2, 0.25) is 0 Å². The van der Waals surface area contributed by atoms with Gasteiger partial charge in [0.25, 0.3) is 0 Å². The first kappa shape index (κ1) is 30.0. The van der Waals surface area contributed by atoms with E-state index in [9.17, 15) is 16.8 Å². The molecule has 9 nitrogen and oxygen atoms in total. The monoisotopic (exact) mass is 580 g/mol. The second-order valence-corrected chi connectivity index (χ2v) is 14.9. The fraction of sp³-hybridized carbons (Fsp3) is 0.571. The van der Waals surface area contributed by atoms with Crippen LogP contribution in [0.1, 0.15) is 27.7 Å². The lowest BCUT2D eigenvalue weighted by atomic mass is 10.2. The molecule has 4 atom stereocenters. The largest absolute Gasteiger partial charge is 0.457 e. The lowest BCUT2D eigenvalue weighted by Gasteiger charge is -2.35. The summed E-state index contributed by atoms with van der Waals surface area (Å²) in [5.74, 6) is 1.00. The molecule has 0 spiro atoms. The van der Waals surface area contributed by atoms with Gasteiger partial charge in [-0.1, -0.05) is 0 Å². The van der Waals surface area contributed by atoms with Gasteiger partial charge < -0.3 is 14.2 Å². The third-order valence-corrected chi connectivity index (χ3v) is 10.4. The Morgan fingerprint density at radius 2 is 0.923 bits per heavy atom. The lowest BCUT2D eigenvalue weighted by Crippen LogP contribution is -2.46. The summed E-state index contributed by atoms with van der Waals surface area (Å²) < 4.78 is 68.7. The van der Waals surface area contributed by atoms with Crippen molar-refractivity contribution in [2.24, 2.45) is 0 Å². The minimum absolute atomic E-state index is 0.0339. The molecule has 2 aliphatic rings. The Morgan fingerprint density at radius 1 is 0.615 bits per heavy atom. The van der Waals surface area contributed by atoms with Crippen LogP contribution in [0, 0.1) is 0 Å². The number of sulfone groups is 2. The quantitative estimate of drug-likeness (QED) is 0.419. The van der Waals surface area contributed by atoms with Gasteiger partial charge in [0.1, 0.15) is 11.5 Å². The van der Waals surface area contributed by atoms with Crippen LogP contribution in [-0.4, -0.2) is 102 Å². The molecule has 0 saturated carbocycles. The molecule has 2 aromatic rings. The van der Waals surface area contributed by atoms with Crippen LogP contribution in [0.2, 0.25) is 0 Å². The molecule has 2 aromatic carbocycles. The second kappa shape index (κ2) is 12.7. The third-order valence-electron chi connectivity index (χ3n) is 6.94. The summed E-state index contributed by atoms with van der Waals surface area (Å²) in [7, 11) is -6.88. The molecule has 0 bridgehead atoms. The van der Waals surface area contributed by atoms with E-state index in [1.54, 1.807) is 48.5 Å². The highest BCUT2D eigenvalue weighted by Crippen LogP contribution is 2.25. The van der Waals surface area contributed by atoms with Crippen LogP contribution in [0.5, 0.6) is 11.5 Å². The van der Waals surface area contributed by atoms with Crippen molar-refractivity contribution in [3.8, 4) is 11.5 Å². The van der Waals surface area contributed by atoms with Crippen molar-refractivity contribution < 1.29 is 31.0 Å². The minimum atomic E-state index is -3.44. The van der Waals surface area contributed by atoms with E-state index in [2.05, 4.69) is 9.80 Å². The fourth-order valence-electron chi connectivity index (χ4n) is 5.23. The van der Waals surface area contributed by atoms with Gasteiger partial charge >= 0.3 is 0 Å². The number of morpholine rings is 2. The van der Waals surface area contributed by atoms with Crippen molar-refractivity contribution in [3.63, 3.8) is 0 Å². The smallest absolute Gasteiger partial charge is 0.179 e. The highest BCUT2D eigenvalue weighted by molar-refractivity contribution is 7.91. The van der Waals surface area contributed by atoms with Gasteiger partial charge in [-0.15, -0.1) is 0 Å². The molecule has 0 amide bonds. The molecule has 2 saturated heterocycles. The van der Waals surface area contributed by atoms with E-state index >= 15 is 0 Å². The molecule has 11 heteroatoms. The molecule has 0 unspecified atom stereocenters. The third kappa shape index (κ3) is 8.48. The zero-order valence-corrected chi connectivity index (χ0v) is 24.8. The van der Waals surface area contributed by atoms with Crippen molar-refractivity contribution in [2.75, 3.05) is 50.8 Å². The number of rotatable bonds is 10. The molecule has 2 heterocycles. The van der Waals surface area contributed by atoms with Gasteiger partial charge in [-0.2, -0.15) is 0 Å². The normalized spacial score (nSPS) is 25.4. The fourth-order valence-corrected chi connectivity index (χ4v) is 7.80. The van der Waals surface area contributed by atoms with Crippen LogP contribution in [0.15, 0.2) is 58.3 Å². The van der Waals surface area contributed by atoms with E-state index in [1.165, 1.54) is 0 Å². The molecule has 0 aromatic heterocycles. The Hall–Kier alpha value is -2.02. The predicted molar refractivity (Wildman–Crippen MR) is 150 cm³/mol. The highest BCUT2D eigenvalue weighted by atomic mass is 32.2. The molecule has 2 aliphatic heterocycles. The Bertz CT molecular complexity index is 1180. The van der Waals surface area contributed by atoms with Crippen molar-refractivity contribution in [2.45, 2.75) is 61.9 Å². The van der Waals surface area contributed by atoms with Gasteiger partial charge in [-0.3, -0.25) is 9.80 Å². The molecule has 2 fully saturated rings. The number of nitrogens with zero attached hydrogens (tertiary/aromatic N) is 2. The number of hydrogen-bond donors (Lipinski definition) is 0. The van der Waals surface area contributed by atoms with E-state index < -0.39 is 19.7 Å². The Labute approximate surface area is 232 Å². The number of benzene rings is 2. The summed E-state index contributed by atoms with van der Waals surface area (Å²) in [4.78, 5) is 4.74. The van der Waals surface area contributed by atoms with Crippen molar-refractivity contribution in [3.05, 3.63) is 48.5 Å². The minimum Gasteiger partial charge on any atom is -0.457 e. The zero-order chi connectivity index (χ0) is 28.2. The van der Waals surface area contributed by atoms with Crippen molar-refractivity contribution in [1.29, 1.82) is 0 Å². The van der Waals surface area contributed by atoms with E-state index in [4.69, 9.17) is 14.2 Å². The SMILES string of the molecule is C[C@@H]1CN(CCS(=O)(=O)c2ccc(Oc3ccc(S(=O)(=O)CCN4C[C@@H](C)O[C@@H](C)C4)cc3)cc2)C[C@H](C)O1. The van der Waals surface area contributed by atoms with Gasteiger partial charge in [0, 0.05) is 39.3 Å². The first-order chi connectivity index (χ1) is 18.4. The maximum absolute atomic E-state index is 12.9. The van der Waals surface area contributed by atoms with E-state index in [1.807, 2.05) is 27.7 Å². The summed E-state index contributed by atoms with van der Waals surface area (Å²) in [5, 5.41) is 0. The number of ether oxygens (including phenoxy) is 3. The van der Waals surface area contributed by atoms with Crippen LogP contribution in [0.3, 0.4) is 0 Å². The second-order valence-electron chi connectivity index (χ2n) is 10.7. The van der Waals surface area contributed by atoms with Gasteiger partial charge in [0.05, 0.1) is 45.7 Å². The van der Waals surface area contributed by atoms with Crippen LogP contribution in [-0.2, 0) is 29.1 Å². The number of hydrogen-bond acceptors (Lipinski definition) is 9. The van der Waals surface area contributed by atoms with Crippen LogP contribution in [0.25, 0.3) is 0 Å². The zero-order valence-electron chi connectivity index (χ0n) is 23.2. The van der Waals surface area contributed by atoms with Crippen LogP contribution >= 0.6 is 0 Å². The summed E-state index contributed by atoms with van der Waals surface area (Å²) in [6.45, 7) is 11.8. The van der Waals surface area contributed by atoms with E-state index in [-0.39, 0.29) is 45.7 Å². The summed E-state index contributed by atoms with van der Waals surface area (Å²) in [5.41, 5.74) is 0. The van der Waals surface area contributed by atoms with E-state index in [0.29, 0.717) is 24.6 Å². The molecule has 0 N–H and O–H groups in total. The Balaban J connectivity index is 1.30. The van der Waals surface area contributed by atoms with Crippen molar-refractivity contribution in [1.82, 2.24) is 9.80 Å². The maximum Gasteiger partial charge on any atom is 0.179 e. The predicted octanol–water partition coefficient (Wildman–Crippen LogP) is 3.24. The average Bonchev–Trinajstić information content (AvgIpc) is 2.86. The maximum atomic E-state index is 12.9. The lowest BCUT2D eigenvalue weighted by molar-refractivity contribution is -0.0663. The summed E-state index contributed by atoms with van der Waals surface area (Å²) in [6.07, 6.45) is 0.352. The van der Waals surface area contributed by atoms with Gasteiger partial charge in [0.15, 0.2) is 19.7 Å². The van der Waals surface area contributed by atoms with Gasteiger partial charge in [-0.05, 0) is 76.2 Å². The molecular weight excluding hydrogens is 540 g/mol. The Morgan fingerprint density at radius 3 is 1.23 bits per heavy atom. The highest BCUT2D eigenvalue weighted by Gasteiger charge is 2.25. The van der Waals surface area contributed by atoms with Crippen LogP contribution in [0.4, 0.5) is 0 Å².